The Morgan fingerprint density at radius 2 is 0.818 bits per heavy atom. The molecule has 12 rings (SSSR count). The van der Waals surface area contributed by atoms with Crippen molar-refractivity contribution in [2.75, 3.05) is 4.90 Å². The zero-order chi connectivity index (χ0) is 36.5. The van der Waals surface area contributed by atoms with Gasteiger partial charge in [0.25, 0.3) is 0 Å². The van der Waals surface area contributed by atoms with Crippen LogP contribution in [0.5, 0.6) is 0 Å². The number of nitrogens with zero attached hydrogens (tertiary/aromatic N) is 1. The zero-order valence-corrected chi connectivity index (χ0v) is 30.8. The van der Waals surface area contributed by atoms with Gasteiger partial charge in [-0.25, -0.2) is 0 Å². The van der Waals surface area contributed by atoms with Crippen LogP contribution in [0.15, 0.2) is 188 Å². The van der Waals surface area contributed by atoms with Gasteiger partial charge in [0.15, 0.2) is 0 Å². The second-order valence-electron chi connectivity index (χ2n) is 16.0. The second kappa shape index (κ2) is 10.9. The molecule has 3 aliphatic carbocycles. The summed E-state index contributed by atoms with van der Waals surface area (Å²) in [5.74, 6) is 0. The molecule has 0 aromatic heterocycles. The van der Waals surface area contributed by atoms with E-state index in [1.807, 2.05) is 0 Å². The highest BCUT2D eigenvalue weighted by molar-refractivity contribution is 6.10. The normalized spacial score (nSPS) is 14.7. The SMILES string of the molecule is CC1(C)c2ccccc2-c2c(N(c3ccc4c(ccc5ccccc54)c3)c3cccc4c3-c3ccccc3C43c4ccccc4-c4ccccc43)cccc21. The van der Waals surface area contributed by atoms with E-state index < -0.39 is 5.41 Å². The Morgan fingerprint density at radius 1 is 0.345 bits per heavy atom. The monoisotopic (exact) mass is 699 g/mol. The Bertz CT molecular complexity index is 3040. The standard InChI is InChI=1S/C54H37N/c1-53(2)43-21-9-7-19-41(43)51-47(53)25-13-27-49(51)55(36-31-32-38-35(33-36)30-29-34-15-3-4-16-37(34)38)50-28-14-26-48-52(50)42-20-8-12-24-46(42)54(48)44-22-10-5-17-39(44)40-18-6-11-23-45(40)54/h3-33H,1-2H3. The molecule has 0 fully saturated rings. The van der Waals surface area contributed by atoms with Gasteiger partial charge in [0.2, 0.25) is 0 Å². The first-order valence-electron chi connectivity index (χ1n) is 19.4. The fraction of sp³-hybridized carbons (Fsp3) is 0.0741. The van der Waals surface area contributed by atoms with Crippen LogP contribution >= 0.6 is 0 Å². The van der Waals surface area contributed by atoms with Crippen molar-refractivity contribution in [2.45, 2.75) is 24.7 Å². The van der Waals surface area contributed by atoms with Gasteiger partial charge in [-0.15, -0.1) is 0 Å². The Morgan fingerprint density at radius 3 is 1.51 bits per heavy atom. The summed E-state index contributed by atoms with van der Waals surface area (Å²) in [6.07, 6.45) is 0. The van der Waals surface area contributed by atoms with Crippen LogP contribution in [-0.2, 0) is 10.8 Å². The highest BCUT2D eigenvalue weighted by Gasteiger charge is 2.52. The molecule has 0 N–H and O–H groups in total. The quantitative estimate of drug-likeness (QED) is 0.166. The number of benzene rings is 9. The molecule has 3 aliphatic rings. The molecular formula is C54H37N. The van der Waals surface area contributed by atoms with Crippen LogP contribution in [0.4, 0.5) is 17.1 Å². The molecule has 1 spiro atoms. The van der Waals surface area contributed by atoms with Crippen LogP contribution < -0.4 is 4.90 Å². The maximum Gasteiger partial charge on any atom is 0.0726 e. The molecule has 0 saturated heterocycles. The van der Waals surface area contributed by atoms with Crippen molar-refractivity contribution in [2.24, 2.45) is 0 Å². The van der Waals surface area contributed by atoms with Crippen molar-refractivity contribution in [3.05, 3.63) is 221 Å². The lowest BCUT2D eigenvalue weighted by Crippen LogP contribution is -2.26. The average molecular weight is 700 g/mol. The van der Waals surface area contributed by atoms with E-state index in [1.54, 1.807) is 0 Å². The van der Waals surface area contributed by atoms with Crippen LogP contribution in [0.1, 0.15) is 47.2 Å². The van der Waals surface area contributed by atoms with Gasteiger partial charge in [0, 0.05) is 22.2 Å². The fourth-order valence-corrected chi connectivity index (χ4v) is 10.8. The maximum absolute atomic E-state index is 2.58. The summed E-state index contributed by atoms with van der Waals surface area (Å²) >= 11 is 0. The third kappa shape index (κ3) is 3.87. The van der Waals surface area contributed by atoms with Crippen LogP contribution in [-0.4, -0.2) is 0 Å². The first kappa shape index (κ1) is 30.7. The van der Waals surface area contributed by atoms with Crippen molar-refractivity contribution < 1.29 is 0 Å². The Balaban J connectivity index is 1.20. The minimum Gasteiger partial charge on any atom is -0.309 e. The predicted octanol–water partition coefficient (Wildman–Crippen LogP) is 14.1. The molecule has 258 valence electrons. The van der Waals surface area contributed by atoms with Gasteiger partial charge in [-0.2, -0.15) is 0 Å². The summed E-state index contributed by atoms with van der Waals surface area (Å²) < 4.78 is 0. The third-order valence-corrected chi connectivity index (χ3v) is 13.1. The molecule has 55 heavy (non-hydrogen) atoms. The summed E-state index contributed by atoms with van der Waals surface area (Å²) in [5, 5.41) is 5.05. The first-order valence-corrected chi connectivity index (χ1v) is 19.4. The van der Waals surface area contributed by atoms with E-state index in [-0.39, 0.29) is 5.41 Å². The lowest BCUT2D eigenvalue weighted by Gasteiger charge is -2.32. The van der Waals surface area contributed by atoms with Gasteiger partial charge in [-0.05, 0) is 101 Å². The molecule has 0 aliphatic heterocycles. The molecule has 0 unspecified atom stereocenters. The molecule has 0 radical (unpaired) electrons. The smallest absolute Gasteiger partial charge is 0.0726 e. The van der Waals surface area contributed by atoms with E-state index in [9.17, 15) is 0 Å². The van der Waals surface area contributed by atoms with E-state index in [0.29, 0.717) is 0 Å². The fourth-order valence-electron chi connectivity index (χ4n) is 10.8. The minimum atomic E-state index is -0.420. The van der Waals surface area contributed by atoms with Gasteiger partial charge in [0.1, 0.15) is 0 Å². The second-order valence-corrected chi connectivity index (χ2v) is 16.0. The molecular weight excluding hydrogens is 663 g/mol. The van der Waals surface area contributed by atoms with Gasteiger partial charge in [0.05, 0.1) is 16.8 Å². The summed E-state index contributed by atoms with van der Waals surface area (Å²) in [6.45, 7) is 4.75. The number of rotatable bonds is 3. The van der Waals surface area contributed by atoms with Gasteiger partial charge >= 0.3 is 0 Å². The van der Waals surface area contributed by atoms with Crippen molar-refractivity contribution in [3.63, 3.8) is 0 Å². The summed E-state index contributed by atoms with van der Waals surface area (Å²) in [5.41, 5.74) is 19.0. The topological polar surface area (TPSA) is 3.24 Å². The minimum absolute atomic E-state index is 0.123. The van der Waals surface area contributed by atoms with E-state index >= 15 is 0 Å². The molecule has 0 atom stereocenters. The van der Waals surface area contributed by atoms with Crippen LogP contribution in [0, 0.1) is 0 Å². The molecule has 1 nitrogen and oxygen atoms in total. The molecule has 0 heterocycles. The highest BCUT2D eigenvalue weighted by atomic mass is 15.1. The molecule has 0 saturated carbocycles. The van der Waals surface area contributed by atoms with Crippen molar-refractivity contribution >= 4 is 38.6 Å². The van der Waals surface area contributed by atoms with Crippen LogP contribution in [0.25, 0.3) is 54.9 Å². The molecule has 9 aromatic carbocycles. The summed E-state index contributed by atoms with van der Waals surface area (Å²) in [7, 11) is 0. The maximum atomic E-state index is 2.58. The van der Waals surface area contributed by atoms with Gasteiger partial charge in [-0.1, -0.05) is 178 Å². The van der Waals surface area contributed by atoms with E-state index in [4.69, 9.17) is 0 Å². The van der Waals surface area contributed by atoms with Gasteiger partial charge in [-0.3, -0.25) is 0 Å². The zero-order valence-electron chi connectivity index (χ0n) is 30.8. The number of hydrogen-bond donors (Lipinski definition) is 0. The molecule has 0 bridgehead atoms. The number of anilines is 3. The average Bonchev–Trinajstić information content (AvgIpc) is 3.80. The Kier molecular flexibility index (Phi) is 6.11. The predicted molar refractivity (Wildman–Crippen MR) is 230 cm³/mol. The van der Waals surface area contributed by atoms with E-state index in [1.165, 1.54) is 99.7 Å². The van der Waals surface area contributed by atoms with E-state index in [2.05, 4.69) is 207 Å². The molecule has 9 aromatic rings. The largest absolute Gasteiger partial charge is 0.309 e. The lowest BCUT2D eigenvalue weighted by molar-refractivity contribution is 0.660. The number of hydrogen-bond acceptors (Lipinski definition) is 1. The van der Waals surface area contributed by atoms with Crippen molar-refractivity contribution in [1.82, 2.24) is 0 Å². The van der Waals surface area contributed by atoms with Gasteiger partial charge < -0.3 is 4.90 Å². The first-order chi connectivity index (χ1) is 27.1. The van der Waals surface area contributed by atoms with Crippen LogP contribution in [0.2, 0.25) is 0 Å². The lowest BCUT2D eigenvalue weighted by atomic mass is 9.70. The summed E-state index contributed by atoms with van der Waals surface area (Å²) in [4.78, 5) is 2.58. The third-order valence-electron chi connectivity index (χ3n) is 13.1. The van der Waals surface area contributed by atoms with Crippen molar-refractivity contribution in [3.8, 4) is 33.4 Å². The Labute approximate surface area is 321 Å². The molecule has 0 amide bonds. The summed E-state index contributed by atoms with van der Waals surface area (Å²) in [6, 6.07) is 70.7. The molecule has 1 heteroatoms. The Hall–Kier alpha value is -6.70. The van der Waals surface area contributed by atoms with Crippen molar-refractivity contribution in [1.29, 1.82) is 0 Å². The highest BCUT2D eigenvalue weighted by Crippen LogP contribution is 2.65. The van der Waals surface area contributed by atoms with Crippen LogP contribution in [0.3, 0.4) is 0 Å². The number of fused-ring (bicyclic) bond motifs is 16. The van der Waals surface area contributed by atoms with E-state index in [0.717, 1.165) is 5.69 Å².